The summed E-state index contributed by atoms with van der Waals surface area (Å²) in [6.07, 6.45) is 0. The first-order valence-electron chi connectivity index (χ1n) is 7.16. The molecule has 3 aromatic carbocycles. The highest BCUT2D eigenvalue weighted by Crippen LogP contribution is 2.46. The van der Waals surface area contributed by atoms with E-state index in [-0.39, 0.29) is 0 Å². The third kappa shape index (κ3) is 1.54. The molecule has 0 amide bonds. The van der Waals surface area contributed by atoms with E-state index in [1.807, 2.05) is 11.8 Å². The van der Waals surface area contributed by atoms with E-state index in [0.717, 1.165) is 5.75 Å². The van der Waals surface area contributed by atoms with E-state index in [4.69, 9.17) is 0 Å². The maximum absolute atomic E-state index is 3.63. The Morgan fingerprint density at radius 3 is 2.71 bits per heavy atom. The maximum Gasteiger partial charge on any atom is 0.0469 e. The van der Waals surface area contributed by atoms with Crippen LogP contribution in [0.1, 0.15) is 5.69 Å². The molecule has 0 saturated carbocycles. The maximum atomic E-state index is 3.63. The van der Waals surface area contributed by atoms with Crippen molar-refractivity contribution in [1.29, 1.82) is 0 Å². The van der Waals surface area contributed by atoms with Gasteiger partial charge in [-0.25, -0.2) is 0 Å². The van der Waals surface area contributed by atoms with Gasteiger partial charge in [-0.05, 0) is 28.5 Å². The quantitative estimate of drug-likeness (QED) is 0.445. The fraction of sp³-hybridized carbons (Fsp3) is 0.0526. The Kier molecular flexibility index (Phi) is 2.27. The van der Waals surface area contributed by atoms with Gasteiger partial charge in [-0.3, -0.25) is 0 Å². The molecule has 1 aromatic heterocycles. The van der Waals surface area contributed by atoms with Crippen LogP contribution >= 0.6 is 11.8 Å². The third-order valence-electron chi connectivity index (χ3n) is 4.29. The molecule has 1 aliphatic heterocycles. The fourth-order valence-corrected chi connectivity index (χ4v) is 4.39. The van der Waals surface area contributed by atoms with Crippen LogP contribution in [0.2, 0.25) is 0 Å². The first kappa shape index (κ1) is 11.5. The molecule has 1 nitrogen and oxygen atoms in total. The van der Waals surface area contributed by atoms with Crippen LogP contribution in [0.3, 0.4) is 0 Å². The van der Waals surface area contributed by atoms with Crippen LogP contribution in [0, 0.1) is 0 Å². The molecule has 1 N–H and O–H groups in total. The van der Waals surface area contributed by atoms with Gasteiger partial charge in [0.1, 0.15) is 0 Å². The van der Waals surface area contributed by atoms with Gasteiger partial charge in [0, 0.05) is 32.8 Å². The first-order valence-corrected chi connectivity index (χ1v) is 8.15. The summed E-state index contributed by atoms with van der Waals surface area (Å²) in [7, 11) is 0. The van der Waals surface area contributed by atoms with Crippen LogP contribution in [0.25, 0.3) is 32.8 Å². The molecule has 0 aliphatic carbocycles. The molecular weight excluding hydrogens is 274 g/mol. The van der Waals surface area contributed by atoms with Crippen molar-refractivity contribution in [2.45, 2.75) is 10.6 Å². The number of fused-ring (bicyclic) bond motifs is 7. The second kappa shape index (κ2) is 4.15. The van der Waals surface area contributed by atoms with Crippen LogP contribution in [0.15, 0.2) is 65.6 Å². The van der Waals surface area contributed by atoms with Crippen molar-refractivity contribution in [3.05, 3.63) is 66.4 Å². The van der Waals surface area contributed by atoms with E-state index in [0.29, 0.717) is 0 Å². The van der Waals surface area contributed by atoms with E-state index in [9.17, 15) is 0 Å². The summed E-state index contributed by atoms with van der Waals surface area (Å²) in [5, 5.41) is 4.02. The molecule has 4 aromatic rings. The summed E-state index contributed by atoms with van der Waals surface area (Å²) in [4.78, 5) is 5.02. The molecule has 0 saturated heterocycles. The lowest BCUT2D eigenvalue weighted by molar-refractivity contribution is 1.23. The molecule has 0 fully saturated rings. The standard InChI is InChI=1S/C19H13NS/c1-2-6-13-12(5-1)9-10-15-18(13)19-14-7-3-4-8-17(14)21-11-16(19)20-15/h1-10,20H,11H2. The third-order valence-corrected chi connectivity index (χ3v) is 5.39. The zero-order valence-corrected chi connectivity index (χ0v) is 12.2. The van der Waals surface area contributed by atoms with Crippen molar-refractivity contribution in [2.75, 3.05) is 0 Å². The number of nitrogens with one attached hydrogen (secondary N) is 1. The minimum absolute atomic E-state index is 1.02. The second-order valence-corrected chi connectivity index (χ2v) is 6.49. The van der Waals surface area contributed by atoms with Crippen molar-refractivity contribution < 1.29 is 0 Å². The monoisotopic (exact) mass is 287 g/mol. The number of rotatable bonds is 0. The summed E-state index contributed by atoms with van der Waals surface area (Å²) in [6, 6.07) is 21.8. The predicted molar refractivity (Wildman–Crippen MR) is 90.8 cm³/mol. The average Bonchev–Trinajstić information content (AvgIpc) is 2.94. The van der Waals surface area contributed by atoms with E-state index >= 15 is 0 Å². The highest BCUT2D eigenvalue weighted by atomic mass is 32.2. The largest absolute Gasteiger partial charge is 0.357 e. The zero-order valence-electron chi connectivity index (χ0n) is 11.4. The molecule has 2 heteroatoms. The number of H-pyrrole nitrogens is 1. The van der Waals surface area contributed by atoms with Gasteiger partial charge in [-0.1, -0.05) is 48.5 Å². The predicted octanol–water partition coefficient (Wildman–Crippen LogP) is 5.59. The van der Waals surface area contributed by atoms with Crippen LogP contribution in [0.4, 0.5) is 0 Å². The van der Waals surface area contributed by atoms with Crippen molar-refractivity contribution in [3.63, 3.8) is 0 Å². The Hall–Kier alpha value is -2.19. The lowest BCUT2D eigenvalue weighted by Crippen LogP contribution is -1.93. The van der Waals surface area contributed by atoms with Crippen molar-refractivity contribution in [3.8, 4) is 11.1 Å². The Morgan fingerprint density at radius 1 is 0.857 bits per heavy atom. The summed E-state index contributed by atoms with van der Waals surface area (Å²) in [5.41, 5.74) is 5.36. The van der Waals surface area contributed by atoms with Crippen molar-refractivity contribution in [2.24, 2.45) is 0 Å². The molecule has 1 aliphatic rings. The number of hydrogen-bond acceptors (Lipinski definition) is 1. The highest BCUT2D eigenvalue weighted by Gasteiger charge is 2.21. The summed E-state index contributed by atoms with van der Waals surface area (Å²) < 4.78 is 0. The first-order chi connectivity index (χ1) is 10.4. The van der Waals surface area contributed by atoms with Gasteiger partial charge in [-0.2, -0.15) is 0 Å². The Morgan fingerprint density at radius 2 is 1.71 bits per heavy atom. The Labute approximate surface area is 127 Å². The molecule has 0 atom stereocenters. The Bertz CT molecular complexity index is 997. The number of benzene rings is 3. The normalized spacial score (nSPS) is 13.3. The summed E-state index contributed by atoms with van der Waals surface area (Å²) in [6.45, 7) is 0. The van der Waals surface area contributed by atoms with Gasteiger partial charge < -0.3 is 4.98 Å². The number of aromatic amines is 1. The van der Waals surface area contributed by atoms with Crippen molar-refractivity contribution in [1.82, 2.24) is 4.98 Å². The molecule has 0 radical (unpaired) electrons. The number of thioether (sulfide) groups is 1. The molecule has 21 heavy (non-hydrogen) atoms. The smallest absolute Gasteiger partial charge is 0.0469 e. The molecule has 100 valence electrons. The molecule has 0 spiro atoms. The van der Waals surface area contributed by atoms with Gasteiger partial charge in [0.25, 0.3) is 0 Å². The van der Waals surface area contributed by atoms with Crippen LogP contribution in [-0.4, -0.2) is 4.98 Å². The van der Waals surface area contributed by atoms with Crippen LogP contribution in [-0.2, 0) is 5.75 Å². The molecular formula is C19H13NS. The molecule has 2 heterocycles. The number of hydrogen-bond donors (Lipinski definition) is 1. The van der Waals surface area contributed by atoms with E-state index in [1.165, 1.54) is 43.4 Å². The van der Waals surface area contributed by atoms with Crippen molar-refractivity contribution >= 4 is 33.4 Å². The molecule has 0 unspecified atom stereocenters. The summed E-state index contributed by atoms with van der Waals surface area (Å²) >= 11 is 1.92. The van der Waals surface area contributed by atoms with Gasteiger partial charge in [0.2, 0.25) is 0 Å². The van der Waals surface area contributed by atoms with E-state index < -0.39 is 0 Å². The fourth-order valence-electron chi connectivity index (χ4n) is 3.38. The van der Waals surface area contributed by atoms with Gasteiger partial charge in [-0.15, -0.1) is 11.8 Å². The highest BCUT2D eigenvalue weighted by molar-refractivity contribution is 7.98. The minimum Gasteiger partial charge on any atom is -0.357 e. The van der Waals surface area contributed by atoms with Gasteiger partial charge in [0.15, 0.2) is 0 Å². The van der Waals surface area contributed by atoms with Gasteiger partial charge in [0.05, 0.1) is 0 Å². The lowest BCUT2D eigenvalue weighted by atomic mass is 9.97. The van der Waals surface area contributed by atoms with Gasteiger partial charge >= 0.3 is 0 Å². The molecule has 5 rings (SSSR count). The zero-order chi connectivity index (χ0) is 13.8. The number of aromatic nitrogens is 1. The second-order valence-electron chi connectivity index (χ2n) is 5.47. The van der Waals surface area contributed by atoms with E-state index in [1.54, 1.807) is 0 Å². The molecule has 0 bridgehead atoms. The van der Waals surface area contributed by atoms with Crippen LogP contribution < -0.4 is 0 Å². The lowest BCUT2D eigenvalue weighted by Gasteiger charge is -2.16. The SMILES string of the molecule is c1ccc2c(c1)SCc1[nH]c3ccc4ccccc4c3c1-2. The van der Waals surface area contributed by atoms with Crippen LogP contribution in [0.5, 0.6) is 0 Å². The average molecular weight is 287 g/mol. The minimum atomic E-state index is 1.02. The Balaban J connectivity index is 2.01. The van der Waals surface area contributed by atoms with E-state index in [2.05, 4.69) is 65.6 Å². The summed E-state index contributed by atoms with van der Waals surface area (Å²) in [5.74, 6) is 1.02. The topological polar surface area (TPSA) is 15.8 Å².